The molecule has 0 radical (unpaired) electrons. The van der Waals surface area contributed by atoms with Crippen molar-refractivity contribution in [2.45, 2.75) is 6.43 Å². The van der Waals surface area contributed by atoms with Gasteiger partial charge in [-0.3, -0.25) is 4.79 Å². The molecule has 0 unspecified atom stereocenters. The van der Waals surface area contributed by atoms with Gasteiger partial charge in [0.2, 0.25) is 0 Å². The van der Waals surface area contributed by atoms with Gasteiger partial charge in [-0.1, -0.05) is 0 Å². The van der Waals surface area contributed by atoms with E-state index in [1.807, 2.05) is 0 Å². The zero-order valence-electron chi connectivity index (χ0n) is 7.00. The second-order valence-electron chi connectivity index (χ2n) is 2.43. The number of alkyl halides is 2. The molecular weight excluding hydrogens is 278 g/mol. The highest BCUT2D eigenvalue weighted by Gasteiger charge is 2.12. The second kappa shape index (κ2) is 5.53. The van der Waals surface area contributed by atoms with E-state index in [1.165, 1.54) is 11.3 Å². The fourth-order valence-corrected chi connectivity index (χ4v) is 2.32. The van der Waals surface area contributed by atoms with Crippen LogP contribution in [0.15, 0.2) is 15.9 Å². The monoisotopic (exact) mass is 284 g/mol. The normalized spacial score (nSPS) is 10.9. The first-order valence-electron chi connectivity index (χ1n) is 3.73. The van der Waals surface area contributed by atoms with Gasteiger partial charge in [-0.2, -0.15) is 0 Å². The van der Waals surface area contributed by atoms with E-state index < -0.39 is 13.0 Å². The van der Waals surface area contributed by atoms with E-state index in [9.17, 15) is 13.6 Å². The summed E-state index contributed by atoms with van der Waals surface area (Å²) < 4.78 is 28.5. The van der Waals surface area contributed by atoms with E-state index in [4.69, 9.17) is 0 Å². The first-order chi connectivity index (χ1) is 6.61. The first-order valence-corrected chi connectivity index (χ1v) is 5.40. The van der Waals surface area contributed by atoms with E-state index >= 15 is 0 Å². The summed E-state index contributed by atoms with van der Waals surface area (Å²) in [5.74, 6) is -0.285. The molecule has 0 aromatic carbocycles. The van der Waals surface area contributed by atoms with Crippen molar-refractivity contribution >= 4 is 33.0 Å². The van der Waals surface area contributed by atoms with Gasteiger partial charge in [-0.25, -0.2) is 8.78 Å². The molecule has 1 heterocycles. The smallest absolute Gasteiger partial charge is 0.261 e. The van der Waals surface area contributed by atoms with Crippen LogP contribution in [0.1, 0.15) is 9.67 Å². The second-order valence-corrected chi connectivity index (χ2v) is 4.20. The lowest BCUT2D eigenvalue weighted by Crippen LogP contribution is -2.12. The summed E-state index contributed by atoms with van der Waals surface area (Å²) >= 11 is 4.43. The molecular formula is C8H7BrF2O2S. The Hall–Kier alpha value is -0.330. The molecule has 6 heteroatoms. The molecule has 0 fully saturated rings. The van der Waals surface area contributed by atoms with Crippen molar-refractivity contribution in [3.8, 4) is 0 Å². The summed E-state index contributed by atoms with van der Waals surface area (Å²) in [7, 11) is 0. The Balaban J connectivity index is 2.40. The van der Waals surface area contributed by atoms with Gasteiger partial charge < -0.3 is 4.74 Å². The molecule has 0 aliphatic heterocycles. The van der Waals surface area contributed by atoms with Gasteiger partial charge in [-0.05, 0) is 27.4 Å². The van der Waals surface area contributed by atoms with E-state index in [2.05, 4.69) is 20.7 Å². The summed E-state index contributed by atoms with van der Waals surface area (Å²) in [6.45, 7) is -1.00. The van der Waals surface area contributed by atoms with Crippen LogP contribution in [0, 0.1) is 0 Å². The Morgan fingerprint density at radius 3 is 2.86 bits per heavy atom. The average molecular weight is 285 g/mol. The fourth-order valence-electron chi connectivity index (χ4n) is 0.799. The van der Waals surface area contributed by atoms with Crippen LogP contribution in [0.25, 0.3) is 0 Å². The fraction of sp³-hybridized carbons (Fsp3) is 0.375. The molecule has 0 aliphatic carbocycles. The predicted octanol–water partition coefficient (Wildman–Crippen LogP) is 2.98. The minimum absolute atomic E-state index is 0.285. The third-order valence-electron chi connectivity index (χ3n) is 1.35. The quantitative estimate of drug-likeness (QED) is 0.777. The van der Waals surface area contributed by atoms with Gasteiger partial charge in [0.1, 0.15) is 13.2 Å². The summed E-state index contributed by atoms with van der Waals surface area (Å²) in [4.78, 5) is 11.8. The number of carbonyl (C=O) groups excluding carboxylic acids is 1. The molecule has 1 aromatic rings. The number of thiophene rings is 1. The van der Waals surface area contributed by atoms with Crippen LogP contribution in [-0.4, -0.2) is 25.4 Å². The van der Waals surface area contributed by atoms with E-state index in [0.717, 1.165) is 0 Å². The Bertz CT molecular complexity index is 314. The number of ketones is 1. The molecule has 0 saturated heterocycles. The summed E-state index contributed by atoms with van der Waals surface area (Å²) in [6.07, 6.45) is -2.53. The number of carbonyl (C=O) groups is 1. The minimum atomic E-state index is -2.53. The van der Waals surface area contributed by atoms with Crippen molar-refractivity contribution in [2.24, 2.45) is 0 Å². The highest BCUT2D eigenvalue weighted by molar-refractivity contribution is 9.10. The number of hydrogen-bond donors (Lipinski definition) is 0. The third-order valence-corrected chi connectivity index (χ3v) is 3.23. The lowest BCUT2D eigenvalue weighted by Gasteiger charge is -2.01. The Labute approximate surface area is 92.0 Å². The van der Waals surface area contributed by atoms with Gasteiger partial charge in [0.25, 0.3) is 6.43 Å². The van der Waals surface area contributed by atoms with Gasteiger partial charge >= 0.3 is 0 Å². The number of halogens is 3. The molecule has 0 amide bonds. The zero-order chi connectivity index (χ0) is 10.6. The first kappa shape index (κ1) is 11.7. The molecule has 14 heavy (non-hydrogen) atoms. The molecule has 1 rings (SSSR count). The lowest BCUT2D eigenvalue weighted by atomic mass is 10.3. The van der Waals surface area contributed by atoms with E-state index in [-0.39, 0.29) is 12.4 Å². The van der Waals surface area contributed by atoms with E-state index in [0.29, 0.717) is 9.35 Å². The molecule has 2 nitrogen and oxygen atoms in total. The van der Waals surface area contributed by atoms with Crippen LogP contribution in [-0.2, 0) is 4.74 Å². The van der Waals surface area contributed by atoms with Crippen LogP contribution in [0.3, 0.4) is 0 Å². The van der Waals surface area contributed by atoms with Crippen molar-refractivity contribution in [3.63, 3.8) is 0 Å². The molecule has 1 aromatic heterocycles. The highest BCUT2D eigenvalue weighted by Crippen LogP contribution is 2.22. The molecule has 0 N–H and O–H groups in total. The van der Waals surface area contributed by atoms with Crippen molar-refractivity contribution in [1.29, 1.82) is 0 Å². The number of Topliss-reactive ketones (excluding diaryl/α,β-unsaturated/α-hetero) is 1. The van der Waals surface area contributed by atoms with Crippen LogP contribution in [0.5, 0.6) is 0 Å². The molecule has 0 aliphatic rings. The van der Waals surface area contributed by atoms with Crippen molar-refractivity contribution in [2.75, 3.05) is 13.2 Å². The van der Waals surface area contributed by atoms with Crippen molar-refractivity contribution in [1.82, 2.24) is 0 Å². The topological polar surface area (TPSA) is 26.3 Å². The van der Waals surface area contributed by atoms with Crippen LogP contribution < -0.4 is 0 Å². The van der Waals surface area contributed by atoms with Crippen molar-refractivity contribution < 1.29 is 18.3 Å². The molecule has 0 spiro atoms. The average Bonchev–Trinajstić information content (AvgIpc) is 2.50. The zero-order valence-corrected chi connectivity index (χ0v) is 9.41. The Morgan fingerprint density at radius 1 is 1.64 bits per heavy atom. The SMILES string of the molecule is O=C(COCC(F)F)c1sccc1Br. The third kappa shape index (κ3) is 3.43. The lowest BCUT2D eigenvalue weighted by molar-refractivity contribution is 0.0197. The molecule has 0 saturated carbocycles. The highest BCUT2D eigenvalue weighted by atomic mass is 79.9. The number of hydrogen-bond acceptors (Lipinski definition) is 3. The maximum absolute atomic E-state index is 11.7. The molecule has 0 bridgehead atoms. The number of ether oxygens (including phenoxy) is 1. The molecule has 78 valence electrons. The summed E-state index contributed by atoms with van der Waals surface area (Å²) in [5, 5.41) is 1.74. The maximum Gasteiger partial charge on any atom is 0.261 e. The molecule has 0 atom stereocenters. The van der Waals surface area contributed by atoms with Gasteiger partial charge in [0.05, 0.1) is 4.88 Å². The van der Waals surface area contributed by atoms with Crippen LogP contribution in [0.2, 0.25) is 0 Å². The van der Waals surface area contributed by atoms with Gasteiger partial charge in [0, 0.05) is 4.47 Å². The van der Waals surface area contributed by atoms with E-state index in [1.54, 1.807) is 11.4 Å². The van der Waals surface area contributed by atoms with Gasteiger partial charge in [0.15, 0.2) is 5.78 Å². The Kier molecular flexibility index (Phi) is 4.64. The standard InChI is InChI=1S/C8H7BrF2O2S/c9-5-1-2-14-8(5)6(12)3-13-4-7(10)11/h1-2,7H,3-4H2. The Morgan fingerprint density at radius 2 is 2.36 bits per heavy atom. The van der Waals surface area contributed by atoms with Crippen LogP contribution in [0.4, 0.5) is 8.78 Å². The summed E-state index contributed by atoms with van der Waals surface area (Å²) in [6, 6.07) is 1.73. The summed E-state index contributed by atoms with van der Waals surface area (Å²) in [5.41, 5.74) is 0. The number of rotatable bonds is 5. The maximum atomic E-state index is 11.7. The van der Waals surface area contributed by atoms with Gasteiger partial charge in [-0.15, -0.1) is 11.3 Å². The predicted molar refractivity (Wildman–Crippen MR) is 53.2 cm³/mol. The van der Waals surface area contributed by atoms with Crippen LogP contribution >= 0.6 is 27.3 Å². The minimum Gasteiger partial charge on any atom is -0.367 e. The van der Waals surface area contributed by atoms with Crippen molar-refractivity contribution in [3.05, 3.63) is 20.8 Å². The largest absolute Gasteiger partial charge is 0.367 e.